The van der Waals surface area contributed by atoms with Crippen molar-refractivity contribution in [3.05, 3.63) is 52.9 Å². The molecule has 0 fully saturated rings. The molecule has 0 atom stereocenters. The van der Waals surface area contributed by atoms with Gasteiger partial charge in [-0.1, -0.05) is 6.42 Å². The Morgan fingerprint density at radius 1 is 1.03 bits per heavy atom. The van der Waals surface area contributed by atoms with Gasteiger partial charge in [0.15, 0.2) is 0 Å². The lowest BCUT2D eigenvalue weighted by molar-refractivity contribution is -0.129. The lowest BCUT2D eigenvalue weighted by Gasteiger charge is -2.06. The number of hydrogen-bond donors (Lipinski definition) is 5. The first-order chi connectivity index (χ1) is 14.1. The highest BCUT2D eigenvalue weighted by Crippen LogP contribution is 2.31. The number of carbonyl (C=O) groups is 2. The molecule has 0 bridgehead atoms. The van der Waals surface area contributed by atoms with Gasteiger partial charge < -0.3 is 15.4 Å². The van der Waals surface area contributed by atoms with Gasteiger partial charge in [-0.25, -0.2) is 5.48 Å². The van der Waals surface area contributed by atoms with E-state index in [1.54, 1.807) is 41.1 Å². The average Bonchev–Trinajstić information content (AvgIpc) is 3.40. The predicted molar refractivity (Wildman–Crippen MR) is 112 cm³/mol. The smallest absolute Gasteiger partial charge is 0.268 e. The van der Waals surface area contributed by atoms with E-state index in [-0.39, 0.29) is 18.1 Å². The number of hydroxylamine groups is 1. The second-order valence-electron chi connectivity index (χ2n) is 6.63. The number of rotatable bonds is 9. The van der Waals surface area contributed by atoms with E-state index in [2.05, 4.69) is 10.3 Å². The Kier molecular flexibility index (Phi) is 7.04. The van der Waals surface area contributed by atoms with Gasteiger partial charge >= 0.3 is 0 Å². The fraction of sp³-hybridized carbons (Fsp3) is 0.238. The number of unbranched alkanes of at least 4 members (excludes halogenated alkanes) is 2. The Bertz CT molecular complexity index is 949. The maximum atomic E-state index is 12.8. The van der Waals surface area contributed by atoms with Crippen molar-refractivity contribution in [3.8, 4) is 28.1 Å². The van der Waals surface area contributed by atoms with Crippen molar-refractivity contribution in [2.75, 3.05) is 6.54 Å². The lowest BCUT2D eigenvalue weighted by Crippen LogP contribution is -2.25. The van der Waals surface area contributed by atoms with Crippen LogP contribution in [0.4, 0.5) is 0 Å². The molecule has 0 spiro atoms. The number of phenols is 1. The second kappa shape index (κ2) is 9.90. The summed E-state index contributed by atoms with van der Waals surface area (Å²) in [5.41, 5.74) is 5.57. The summed E-state index contributed by atoms with van der Waals surface area (Å²) < 4.78 is 0. The third kappa shape index (κ3) is 5.46. The molecule has 29 heavy (non-hydrogen) atoms. The molecular weight excluding hydrogens is 390 g/mol. The van der Waals surface area contributed by atoms with E-state index in [1.165, 1.54) is 0 Å². The molecule has 2 heterocycles. The van der Waals surface area contributed by atoms with E-state index in [0.29, 0.717) is 18.7 Å². The highest BCUT2D eigenvalue weighted by molar-refractivity contribution is 7.08. The maximum Gasteiger partial charge on any atom is 0.268 e. The summed E-state index contributed by atoms with van der Waals surface area (Å²) in [6.45, 7) is 0.496. The van der Waals surface area contributed by atoms with E-state index in [9.17, 15) is 14.7 Å². The van der Waals surface area contributed by atoms with Crippen LogP contribution in [0.3, 0.4) is 0 Å². The van der Waals surface area contributed by atoms with Crippen molar-refractivity contribution in [3.63, 3.8) is 0 Å². The Balaban J connectivity index is 1.67. The minimum atomic E-state index is -0.400. The summed E-state index contributed by atoms with van der Waals surface area (Å²) in [6.07, 6.45) is 2.42. The molecule has 0 saturated heterocycles. The Hall–Kier alpha value is -3.10. The number of aromatic amines is 1. The molecule has 152 valence electrons. The van der Waals surface area contributed by atoms with Crippen LogP contribution in [0.2, 0.25) is 0 Å². The largest absolute Gasteiger partial charge is 0.508 e. The molecule has 3 rings (SSSR count). The van der Waals surface area contributed by atoms with Crippen LogP contribution in [0.15, 0.2) is 47.2 Å². The van der Waals surface area contributed by atoms with Crippen LogP contribution in [-0.4, -0.2) is 33.7 Å². The number of benzene rings is 1. The van der Waals surface area contributed by atoms with E-state index in [1.807, 2.05) is 22.9 Å². The zero-order valence-corrected chi connectivity index (χ0v) is 16.6. The van der Waals surface area contributed by atoms with Crippen LogP contribution in [-0.2, 0) is 4.79 Å². The van der Waals surface area contributed by atoms with E-state index < -0.39 is 5.91 Å². The topological polar surface area (TPSA) is 114 Å². The van der Waals surface area contributed by atoms with Gasteiger partial charge in [-0.05, 0) is 71.1 Å². The zero-order chi connectivity index (χ0) is 20.6. The number of amides is 2. The fourth-order valence-electron chi connectivity index (χ4n) is 3.01. The molecule has 2 amide bonds. The molecule has 1 aromatic carbocycles. The van der Waals surface area contributed by atoms with Crippen molar-refractivity contribution < 1.29 is 19.9 Å². The summed E-state index contributed by atoms with van der Waals surface area (Å²) in [5, 5.41) is 24.8. The fourth-order valence-corrected chi connectivity index (χ4v) is 3.66. The van der Waals surface area contributed by atoms with Crippen LogP contribution in [0.1, 0.15) is 36.2 Å². The molecule has 0 radical (unpaired) electrons. The van der Waals surface area contributed by atoms with Crippen LogP contribution in [0.25, 0.3) is 22.4 Å². The highest BCUT2D eigenvalue weighted by atomic mass is 32.1. The van der Waals surface area contributed by atoms with Gasteiger partial charge in [0.1, 0.15) is 11.4 Å². The number of hydrogen-bond acceptors (Lipinski definition) is 5. The Labute approximate surface area is 172 Å². The summed E-state index contributed by atoms with van der Waals surface area (Å²) >= 11 is 1.56. The summed E-state index contributed by atoms with van der Waals surface area (Å²) in [4.78, 5) is 27.0. The van der Waals surface area contributed by atoms with Crippen LogP contribution < -0.4 is 10.8 Å². The summed E-state index contributed by atoms with van der Waals surface area (Å²) in [6, 6.07) is 10.7. The molecule has 0 unspecified atom stereocenters. The van der Waals surface area contributed by atoms with Crippen molar-refractivity contribution >= 4 is 23.2 Å². The molecular formula is C21H23N3O4S. The third-order valence-electron chi connectivity index (χ3n) is 4.55. The molecule has 0 aliphatic rings. The number of thiophene rings is 1. The van der Waals surface area contributed by atoms with Gasteiger partial charge in [0.2, 0.25) is 5.91 Å². The number of aromatic hydroxyl groups is 1. The monoisotopic (exact) mass is 413 g/mol. The van der Waals surface area contributed by atoms with Gasteiger partial charge in [-0.15, -0.1) is 0 Å². The van der Waals surface area contributed by atoms with Crippen molar-refractivity contribution in [2.45, 2.75) is 25.7 Å². The molecule has 5 N–H and O–H groups in total. The van der Waals surface area contributed by atoms with Gasteiger partial charge in [-0.3, -0.25) is 14.8 Å². The highest BCUT2D eigenvalue weighted by Gasteiger charge is 2.18. The molecule has 0 aliphatic heterocycles. The molecule has 7 nitrogen and oxygen atoms in total. The normalized spacial score (nSPS) is 10.7. The molecule has 2 aromatic heterocycles. The van der Waals surface area contributed by atoms with Crippen molar-refractivity contribution in [1.29, 1.82) is 0 Å². The zero-order valence-electron chi connectivity index (χ0n) is 15.8. The number of aromatic nitrogens is 1. The Morgan fingerprint density at radius 2 is 1.83 bits per heavy atom. The average molecular weight is 413 g/mol. The van der Waals surface area contributed by atoms with Crippen molar-refractivity contribution in [2.24, 2.45) is 0 Å². The quantitative estimate of drug-likeness (QED) is 0.208. The maximum absolute atomic E-state index is 12.8. The van der Waals surface area contributed by atoms with Crippen LogP contribution in [0, 0.1) is 0 Å². The molecule has 8 heteroatoms. The minimum Gasteiger partial charge on any atom is -0.508 e. The number of nitrogens with one attached hydrogen (secondary N) is 3. The van der Waals surface area contributed by atoms with E-state index in [4.69, 9.17) is 5.21 Å². The van der Waals surface area contributed by atoms with Gasteiger partial charge in [-0.2, -0.15) is 11.3 Å². The van der Waals surface area contributed by atoms with Crippen LogP contribution >= 0.6 is 11.3 Å². The summed E-state index contributed by atoms with van der Waals surface area (Å²) in [5.74, 6) is -0.403. The minimum absolute atomic E-state index is 0.188. The van der Waals surface area contributed by atoms with Crippen LogP contribution in [0.5, 0.6) is 5.75 Å². The third-order valence-corrected chi connectivity index (χ3v) is 5.23. The lowest BCUT2D eigenvalue weighted by atomic mass is 10.1. The number of phenolic OH excluding ortho intramolecular Hbond substituents is 1. The first-order valence-corrected chi connectivity index (χ1v) is 10.3. The first-order valence-electron chi connectivity index (χ1n) is 9.34. The SMILES string of the molecule is O=C(CCCCCNC(=O)c1[nH]c(-c2ccc(O)cc2)cc1-c1ccsc1)NO. The molecule has 0 saturated carbocycles. The molecule has 3 aromatic rings. The number of carbonyl (C=O) groups excluding carboxylic acids is 2. The standard InChI is InChI=1S/C21H23N3O4S/c25-16-7-5-14(6-8-16)18-12-17(15-9-11-29-13-15)20(23-18)21(27)22-10-3-1-2-4-19(26)24-28/h5-9,11-13,23,25,28H,1-4,10H2,(H,22,27)(H,24,26). The second-order valence-corrected chi connectivity index (χ2v) is 7.41. The summed E-state index contributed by atoms with van der Waals surface area (Å²) in [7, 11) is 0. The van der Waals surface area contributed by atoms with E-state index >= 15 is 0 Å². The molecule has 0 aliphatic carbocycles. The van der Waals surface area contributed by atoms with Gasteiger partial charge in [0.25, 0.3) is 5.91 Å². The van der Waals surface area contributed by atoms with E-state index in [0.717, 1.165) is 35.2 Å². The predicted octanol–water partition coefficient (Wildman–Crippen LogP) is 3.91. The van der Waals surface area contributed by atoms with Crippen molar-refractivity contribution in [1.82, 2.24) is 15.8 Å². The van der Waals surface area contributed by atoms with Gasteiger partial charge in [0.05, 0.1) is 0 Å². The van der Waals surface area contributed by atoms with Gasteiger partial charge in [0, 0.05) is 24.2 Å². The number of H-pyrrole nitrogens is 1. The first kappa shape index (κ1) is 20.6. The Morgan fingerprint density at radius 3 is 2.52 bits per heavy atom.